The molecule has 0 aromatic heterocycles. The summed E-state index contributed by atoms with van der Waals surface area (Å²) >= 11 is 0. The van der Waals surface area contributed by atoms with Gasteiger partial charge in [0.1, 0.15) is 5.60 Å². The third-order valence-electron chi connectivity index (χ3n) is 5.88. The standard InChI is InChI=1S/C24H26N2O4/c1-15-9-8-10-16(2)21(15)18-14-19(30-25-18)22(27)26-20(24(3,4)29-23(26)28)13-17-11-6-5-7-12-17/h5-12,19-20H,13-14H2,1-4H3/t19-,20-/m0/s1. The molecule has 4 rings (SSSR count). The van der Waals surface area contributed by atoms with Crippen molar-refractivity contribution in [1.82, 2.24) is 4.90 Å². The Morgan fingerprint density at radius 3 is 2.43 bits per heavy atom. The van der Waals surface area contributed by atoms with Gasteiger partial charge in [0, 0.05) is 12.0 Å². The smallest absolute Gasteiger partial charge is 0.417 e. The number of cyclic esters (lactones) is 1. The summed E-state index contributed by atoms with van der Waals surface area (Å²) in [6.07, 6.45) is -0.621. The number of carbonyl (C=O) groups is 2. The predicted octanol–water partition coefficient (Wildman–Crippen LogP) is 4.17. The first-order valence-corrected chi connectivity index (χ1v) is 10.2. The van der Waals surface area contributed by atoms with Crippen molar-refractivity contribution < 1.29 is 19.2 Å². The zero-order chi connectivity index (χ0) is 21.5. The van der Waals surface area contributed by atoms with Crippen molar-refractivity contribution in [2.24, 2.45) is 5.16 Å². The van der Waals surface area contributed by atoms with Crippen molar-refractivity contribution in [2.75, 3.05) is 0 Å². The number of ether oxygens (including phenoxy) is 1. The molecule has 30 heavy (non-hydrogen) atoms. The number of nitrogens with zero attached hydrogens (tertiary/aromatic N) is 2. The van der Waals surface area contributed by atoms with Crippen LogP contribution in [0.4, 0.5) is 4.79 Å². The summed E-state index contributed by atoms with van der Waals surface area (Å²) < 4.78 is 5.55. The first-order valence-electron chi connectivity index (χ1n) is 10.2. The highest BCUT2D eigenvalue weighted by Gasteiger charge is 2.52. The molecule has 0 radical (unpaired) electrons. The number of aryl methyl sites for hydroxylation is 2. The van der Waals surface area contributed by atoms with E-state index in [2.05, 4.69) is 5.16 Å². The Kier molecular flexibility index (Phi) is 5.10. The van der Waals surface area contributed by atoms with Crippen LogP contribution in [0.1, 0.15) is 42.5 Å². The second-order valence-corrected chi connectivity index (χ2v) is 8.49. The lowest BCUT2D eigenvalue weighted by molar-refractivity contribution is -0.140. The molecule has 2 aliphatic heterocycles. The van der Waals surface area contributed by atoms with Gasteiger partial charge in [-0.05, 0) is 50.8 Å². The Balaban J connectivity index is 1.55. The summed E-state index contributed by atoms with van der Waals surface area (Å²) in [5, 5.41) is 4.19. The second kappa shape index (κ2) is 7.59. The Bertz CT molecular complexity index is 993. The van der Waals surface area contributed by atoms with Crippen molar-refractivity contribution in [2.45, 2.75) is 58.3 Å². The summed E-state index contributed by atoms with van der Waals surface area (Å²) in [5.41, 5.74) is 4.13. The minimum Gasteiger partial charge on any atom is -0.441 e. The van der Waals surface area contributed by atoms with Gasteiger partial charge in [-0.2, -0.15) is 0 Å². The minimum absolute atomic E-state index is 0.326. The lowest BCUT2D eigenvalue weighted by Crippen LogP contribution is -2.49. The monoisotopic (exact) mass is 406 g/mol. The van der Waals surface area contributed by atoms with Gasteiger partial charge in [0.2, 0.25) is 6.10 Å². The largest absolute Gasteiger partial charge is 0.441 e. The van der Waals surface area contributed by atoms with E-state index in [-0.39, 0.29) is 0 Å². The van der Waals surface area contributed by atoms with E-state index < -0.39 is 29.7 Å². The van der Waals surface area contributed by atoms with Gasteiger partial charge in [-0.1, -0.05) is 53.7 Å². The fourth-order valence-electron chi connectivity index (χ4n) is 4.28. The zero-order valence-electron chi connectivity index (χ0n) is 17.7. The minimum atomic E-state index is -0.835. The molecule has 0 bridgehead atoms. The summed E-state index contributed by atoms with van der Waals surface area (Å²) in [6.45, 7) is 7.69. The summed E-state index contributed by atoms with van der Waals surface area (Å²) in [4.78, 5) is 32.7. The van der Waals surface area contributed by atoms with E-state index in [4.69, 9.17) is 9.57 Å². The van der Waals surface area contributed by atoms with Crippen LogP contribution in [0.25, 0.3) is 0 Å². The van der Waals surface area contributed by atoms with Crippen LogP contribution >= 0.6 is 0 Å². The molecule has 2 aromatic carbocycles. The van der Waals surface area contributed by atoms with Crippen LogP contribution in [-0.2, 0) is 20.8 Å². The van der Waals surface area contributed by atoms with Crippen molar-refractivity contribution in [3.05, 3.63) is 70.8 Å². The van der Waals surface area contributed by atoms with E-state index in [9.17, 15) is 9.59 Å². The molecule has 0 N–H and O–H groups in total. The predicted molar refractivity (Wildman–Crippen MR) is 113 cm³/mol. The number of oxime groups is 1. The van der Waals surface area contributed by atoms with Crippen molar-refractivity contribution in [3.63, 3.8) is 0 Å². The summed E-state index contributed by atoms with van der Waals surface area (Å²) in [7, 11) is 0. The van der Waals surface area contributed by atoms with Gasteiger partial charge in [0.15, 0.2) is 0 Å². The highest BCUT2D eigenvalue weighted by molar-refractivity contribution is 6.07. The van der Waals surface area contributed by atoms with Crippen molar-refractivity contribution in [1.29, 1.82) is 0 Å². The molecule has 2 aromatic rings. The van der Waals surface area contributed by atoms with E-state index in [0.717, 1.165) is 28.0 Å². The molecule has 0 unspecified atom stereocenters. The fraction of sp³-hybridized carbons (Fsp3) is 0.375. The van der Waals surface area contributed by atoms with Gasteiger partial charge in [-0.15, -0.1) is 0 Å². The highest BCUT2D eigenvalue weighted by Crippen LogP contribution is 2.34. The summed E-state index contributed by atoms with van der Waals surface area (Å²) in [5.74, 6) is -0.406. The van der Waals surface area contributed by atoms with E-state index in [1.54, 1.807) is 0 Å². The third-order valence-corrected chi connectivity index (χ3v) is 5.88. The Morgan fingerprint density at radius 2 is 1.77 bits per heavy atom. The SMILES string of the molecule is Cc1cccc(C)c1C1=NO[C@H](C(=O)N2C(=O)OC(C)(C)[C@@H]2Cc2ccccc2)C1. The van der Waals surface area contributed by atoms with Gasteiger partial charge in [-0.3, -0.25) is 4.79 Å². The van der Waals surface area contributed by atoms with Crippen molar-refractivity contribution >= 4 is 17.7 Å². The van der Waals surface area contributed by atoms with E-state index in [0.29, 0.717) is 12.8 Å². The average Bonchev–Trinajstić information content (AvgIpc) is 3.25. The molecule has 2 aliphatic rings. The normalized spacial score (nSPS) is 22.5. The molecule has 0 spiro atoms. The van der Waals surface area contributed by atoms with E-state index in [1.807, 2.05) is 76.2 Å². The Labute approximate surface area is 176 Å². The Hall–Kier alpha value is -3.15. The first kappa shape index (κ1) is 20.1. The second-order valence-electron chi connectivity index (χ2n) is 8.49. The summed E-state index contributed by atoms with van der Waals surface area (Å²) in [6, 6.07) is 15.4. The van der Waals surface area contributed by atoms with Gasteiger partial charge < -0.3 is 9.57 Å². The van der Waals surface area contributed by atoms with Gasteiger partial charge >= 0.3 is 6.09 Å². The average molecular weight is 406 g/mol. The molecule has 1 fully saturated rings. The number of imide groups is 1. The number of carbonyl (C=O) groups excluding carboxylic acids is 2. The molecule has 2 heterocycles. The van der Waals surface area contributed by atoms with Gasteiger partial charge in [0.05, 0.1) is 11.8 Å². The van der Waals surface area contributed by atoms with Crippen LogP contribution in [0.3, 0.4) is 0 Å². The van der Waals surface area contributed by atoms with Crippen molar-refractivity contribution in [3.8, 4) is 0 Å². The number of amides is 2. The third kappa shape index (κ3) is 3.58. The Morgan fingerprint density at radius 1 is 1.10 bits per heavy atom. The molecular formula is C24H26N2O4. The fourth-order valence-corrected chi connectivity index (χ4v) is 4.28. The van der Waals surface area contributed by atoms with Gasteiger partial charge in [-0.25, -0.2) is 9.69 Å². The lowest BCUT2D eigenvalue weighted by atomic mass is 9.91. The van der Waals surface area contributed by atoms with Crippen LogP contribution < -0.4 is 0 Å². The maximum atomic E-state index is 13.3. The topological polar surface area (TPSA) is 68.2 Å². The molecule has 0 saturated carbocycles. The molecule has 6 heteroatoms. The molecule has 0 aliphatic carbocycles. The maximum Gasteiger partial charge on any atom is 0.417 e. The molecule has 2 amide bonds. The van der Waals surface area contributed by atoms with Crippen LogP contribution in [0.15, 0.2) is 53.7 Å². The lowest BCUT2D eigenvalue weighted by Gasteiger charge is -2.28. The highest BCUT2D eigenvalue weighted by atomic mass is 16.6. The number of rotatable bonds is 4. The number of hydrogen-bond acceptors (Lipinski definition) is 5. The first-order chi connectivity index (χ1) is 14.3. The van der Waals surface area contributed by atoms with Crippen LogP contribution in [0.2, 0.25) is 0 Å². The van der Waals surface area contributed by atoms with Crippen LogP contribution in [0, 0.1) is 13.8 Å². The molecule has 6 nitrogen and oxygen atoms in total. The quantitative estimate of drug-likeness (QED) is 0.764. The number of benzene rings is 2. The van der Waals surface area contributed by atoms with E-state index >= 15 is 0 Å². The van der Waals surface area contributed by atoms with Gasteiger partial charge in [0.25, 0.3) is 5.91 Å². The molecule has 156 valence electrons. The zero-order valence-corrected chi connectivity index (χ0v) is 17.7. The van der Waals surface area contributed by atoms with Crippen LogP contribution in [0.5, 0.6) is 0 Å². The molecule has 1 saturated heterocycles. The molecular weight excluding hydrogens is 380 g/mol. The maximum absolute atomic E-state index is 13.3. The van der Waals surface area contributed by atoms with E-state index in [1.165, 1.54) is 4.90 Å². The number of hydrogen-bond donors (Lipinski definition) is 0. The van der Waals surface area contributed by atoms with Crippen LogP contribution in [-0.4, -0.2) is 40.4 Å². The molecule has 2 atom stereocenters.